The minimum absolute atomic E-state index is 0.461. The number of fused-ring (bicyclic) bond motifs is 1. The Morgan fingerprint density at radius 2 is 2.10 bits per heavy atom. The number of rotatable bonds is 5. The molecule has 2 heterocycles. The number of aromatic nitrogens is 4. The van der Waals surface area contributed by atoms with E-state index in [2.05, 4.69) is 28.5 Å². The van der Waals surface area contributed by atoms with Crippen LogP contribution in [0.3, 0.4) is 0 Å². The molecule has 0 aliphatic heterocycles. The number of hydrogen-bond donors (Lipinski definition) is 1. The van der Waals surface area contributed by atoms with Gasteiger partial charge in [-0.3, -0.25) is 4.68 Å². The first kappa shape index (κ1) is 13.9. The molecule has 4 nitrogen and oxygen atoms in total. The maximum atomic E-state index is 5.56. The zero-order valence-corrected chi connectivity index (χ0v) is 13.5. The third-order valence-electron chi connectivity index (χ3n) is 4.97. The molecule has 20 heavy (non-hydrogen) atoms. The number of aryl methyl sites for hydroxylation is 2. The lowest BCUT2D eigenvalue weighted by Gasteiger charge is -2.41. The molecule has 1 aliphatic rings. The molecule has 0 unspecified atom stereocenters. The Labute approximate surface area is 125 Å². The fraction of sp³-hybridized carbons (Fsp3) is 0.733. The molecular formula is C15H24N4S. The van der Waals surface area contributed by atoms with Crippen molar-refractivity contribution in [3.63, 3.8) is 0 Å². The summed E-state index contributed by atoms with van der Waals surface area (Å²) < 4.78 is 5.12. The van der Waals surface area contributed by atoms with Gasteiger partial charge in [0.1, 0.15) is 5.52 Å². The molecule has 0 saturated heterocycles. The monoisotopic (exact) mass is 292 g/mol. The molecule has 1 aliphatic carbocycles. The van der Waals surface area contributed by atoms with Crippen molar-refractivity contribution < 1.29 is 0 Å². The molecule has 2 aromatic heterocycles. The molecule has 0 atom stereocenters. The first-order chi connectivity index (χ1) is 9.60. The van der Waals surface area contributed by atoms with Gasteiger partial charge in [0.05, 0.1) is 5.69 Å². The van der Waals surface area contributed by atoms with Crippen molar-refractivity contribution >= 4 is 23.4 Å². The zero-order chi connectivity index (χ0) is 14.3. The van der Waals surface area contributed by atoms with Gasteiger partial charge < -0.3 is 9.55 Å². The lowest BCUT2D eigenvalue weighted by molar-refractivity contribution is 0.101. The third kappa shape index (κ3) is 2.03. The van der Waals surface area contributed by atoms with Crippen LogP contribution in [0.2, 0.25) is 0 Å². The van der Waals surface area contributed by atoms with Gasteiger partial charge in [-0.15, -0.1) is 0 Å². The van der Waals surface area contributed by atoms with Crippen LogP contribution in [0.15, 0.2) is 0 Å². The van der Waals surface area contributed by atoms with Gasteiger partial charge >= 0.3 is 0 Å². The summed E-state index contributed by atoms with van der Waals surface area (Å²) >= 11 is 5.56. The van der Waals surface area contributed by atoms with Crippen LogP contribution in [0, 0.1) is 10.2 Å². The maximum absolute atomic E-state index is 5.56. The average molecular weight is 292 g/mol. The van der Waals surface area contributed by atoms with Gasteiger partial charge in [-0.25, -0.2) is 0 Å². The summed E-state index contributed by atoms with van der Waals surface area (Å²) in [6, 6.07) is 0. The van der Waals surface area contributed by atoms with E-state index in [1.807, 2.05) is 11.7 Å². The molecule has 0 bridgehead atoms. The van der Waals surface area contributed by atoms with Crippen LogP contribution in [0.4, 0.5) is 0 Å². The van der Waals surface area contributed by atoms with Crippen molar-refractivity contribution in [2.45, 2.75) is 58.9 Å². The standard InChI is InChI=1S/C15H24N4S/c1-4-7-11-12-13(18(3)17-11)19(14(20)16-12)10-15(5-2)8-6-9-15/h4-10H2,1-3H3,(H,16,20). The summed E-state index contributed by atoms with van der Waals surface area (Å²) in [6.07, 6.45) is 7.37. The van der Waals surface area contributed by atoms with E-state index in [4.69, 9.17) is 12.2 Å². The van der Waals surface area contributed by atoms with Crippen LogP contribution >= 0.6 is 12.2 Å². The van der Waals surface area contributed by atoms with Crippen molar-refractivity contribution in [3.8, 4) is 0 Å². The Balaban J connectivity index is 2.06. The van der Waals surface area contributed by atoms with Gasteiger partial charge in [-0.05, 0) is 43.3 Å². The average Bonchev–Trinajstić information content (AvgIpc) is 2.84. The molecule has 0 spiro atoms. The van der Waals surface area contributed by atoms with Crippen molar-refractivity contribution in [1.82, 2.24) is 19.3 Å². The number of nitrogens with zero attached hydrogens (tertiary/aromatic N) is 3. The SMILES string of the molecule is CCCc1nn(C)c2c1[nH]c(=S)n2CC1(CC)CCC1. The number of nitrogens with one attached hydrogen (secondary N) is 1. The summed E-state index contributed by atoms with van der Waals surface area (Å²) in [5, 5.41) is 4.66. The molecule has 0 radical (unpaired) electrons. The number of H-pyrrole nitrogens is 1. The Hall–Kier alpha value is -1.10. The summed E-state index contributed by atoms with van der Waals surface area (Å²) in [5.41, 5.74) is 3.92. The number of hydrogen-bond acceptors (Lipinski definition) is 2. The van der Waals surface area contributed by atoms with E-state index in [-0.39, 0.29) is 0 Å². The molecule has 1 N–H and O–H groups in total. The third-order valence-corrected chi connectivity index (χ3v) is 5.29. The quantitative estimate of drug-likeness (QED) is 0.847. The second-order valence-electron chi connectivity index (χ2n) is 6.24. The molecule has 110 valence electrons. The summed E-state index contributed by atoms with van der Waals surface area (Å²) in [7, 11) is 2.03. The van der Waals surface area contributed by atoms with E-state index in [1.54, 1.807) is 0 Å². The van der Waals surface area contributed by atoms with Crippen LogP contribution in [-0.4, -0.2) is 19.3 Å². The van der Waals surface area contributed by atoms with Gasteiger partial charge in [0, 0.05) is 13.6 Å². The zero-order valence-electron chi connectivity index (χ0n) is 12.7. The van der Waals surface area contributed by atoms with Gasteiger partial charge in [0.2, 0.25) is 0 Å². The smallest absolute Gasteiger partial charge is 0.179 e. The highest BCUT2D eigenvalue weighted by molar-refractivity contribution is 7.71. The molecule has 0 amide bonds. The fourth-order valence-corrected chi connectivity index (χ4v) is 3.72. The minimum Gasteiger partial charge on any atom is -0.328 e. The molecule has 1 saturated carbocycles. The van der Waals surface area contributed by atoms with Crippen LogP contribution < -0.4 is 0 Å². The van der Waals surface area contributed by atoms with Crippen molar-refractivity contribution in [2.24, 2.45) is 12.5 Å². The van der Waals surface area contributed by atoms with E-state index >= 15 is 0 Å². The molecule has 3 rings (SSSR count). The highest BCUT2D eigenvalue weighted by Crippen LogP contribution is 2.45. The summed E-state index contributed by atoms with van der Waals surface area (Å²) in [6.45, 7) is 5.53. The van der Waals surface area contributed by atoms with E-state index < -0.39 is 0 Å². The molecular weight excluding hydrogens is 268 g/mol. The van der Waals surface area contributed by atoms with Crippen LogP contribution in [-0.2, 0) is 20.0 Å². The van der Waals surface area contributed by atoms with Crippen molar-refractivity contribution in [2.75, 3.05) is 0 Å². The minimum atomic E-state index is 0.461. The Kier molecular flexibility index (Phi) is 3.48. The van der Waals surface area contributed by atoms with E-state index in [9.17, 15) is 0 Å². The van der Waals surface area contributed by atoms with E-state index in [0.29, 0.717) is 5.41 Å². The topological polar surface area (TPSA) is 38.5 Å². The van der Waals surface area contributed by atoms with Gasteiger partial charge in [0.15, 0.2) is 10.4 Å². The van der Waals surface area contributed by atoms with Gasteiger partial charge in [0.25, 0.3) is 0 Å². The predicted octanol–water partition coefficient (Wildman–Crippen LogP) is 3.97. The maximum Gasteiger partial charge on any atom is 0.179 e. The van der Waals surface area contributed by atoms with Crippen molar-refractivity contribution in [3.05, 3.63) is 10.5 Å². The number of aromatic amines is 1. The highest BCUT2D eigenvalue weighted by Gasteiger charge is 2.36. The molecule has 5 heteroatoms. The molecule has 1 fully saturated rings. The first-order valence-corrected chi connectivity index (χ1v) is 8.15. The largest absolute Gasteiger partial charge is 0.328 e. The lowest BCUT2D eigenvalue weighted by atomic mass is 9.67. The van der Waals surface area contributed by atoms with Gasteiger partial charge in [-0.2, -0.15) is 5.10 Å². The summed E-state index contributed by atoms with van der Waals surface area (Å²) in [4.78, 5) is 3.39. The lowest BCUT2D eigenvalue weighted by Crippen LogP contribution is -2.33. The Morgan fingerprint density at radius 1 is 1.35 bits per heavy atom. The second-order valence-corrected chi connectivity index (χ2v) is 6.63. The first-order valence-electron chi connectivity index (χ1n) is 7.74. The van der Waals surface area contributed by atoms with Crippen LogP contribution in [0.25, 0.3) is 11.2 Å². The predicted molar refractivity (Wildman–Crippen MR) is 84.5 cm³/mol. The Morgan fingerprint density at radius 3 is 2.65 bits per heavy atom. The highest BCUT2D eigenvalue weighted by atomic mass is 32.1. The van der Waals surface area contributed by atoms with Crippen LogP contribution in [0.5, 0.6) is 0 Å². The second kappa shape index (κ2) is 5.02. The Bertz CT molecular complexity index is 666. The van der Waals surface area contributed by atoms with Crippen LogP contribution in [0.1, 0.15) is 51.6 Å². The van der Waals surface area contributed by atoms with Crippen molar-refractivity contribution in [1.29, 1.82) is 0 Å². The van der Waals surface area contributed by atoms with Gasteiger partial charge in [-0.1, -0.05) is 26.7 Å². The summed E-state index contributed by atoms with van der Waals surface area (Å²) in [5.74, 6) is 0. The fourth-order valence-electron chi connectivity index (χ4n) is 3.47. The van der Waals surface area contributed by atoms with E-state index in [0.717, 1.165) is 41.0 Å². The normalized spacial score (nSPS) is 17.6. The van der Waals surface area contributed by atoms with E-state index in [1.165, 1.54) is 25.7 Å². The number of imidazole rings is 1. The molecule has 0 aromatic carbocycles. The molecule has 2 aromatic rings.